The van der Waals surface area contributed by atoms with E-state index in [1.54, 1.807) is 6.07 Å². The molecule has 8 heteroatoms. The number of amides is 1. The normalized spacial score (nSPS) is 10.8. The number of rotatable bonds is 6. The molecule has 0 aliphatic heterocycles. The number of aryl methyl sites for hydroxylation is 3. The highest BCUT2D eigenvalue weighted by Crippen LogP contribution is 2.33. The molecule has 3 rings (SSSR count). The molecule has 1 amide bonds. The third-order valence-corrected chi connectivity index (χ3v) is 5.68. The van der Waals surface area contributed by atoms with Crippen LogP contribution in [-0.4, -0.2) is 40.5 Å². The molecule has 0 atom stereocenters. The summed E-state index contributed by atoms with van der Waals surface area (Å²) in [6, 6.07) is 11.7. The van der Waals surface area contributed by atoms with Gasteiger partial charge < -0.3 is 10.2 Å². The second-order valence-corrected chi connectivity index (χ2v) is 8.37. The molecule has 0 unspecified atom stereocenters. The lowest BCUT2D eigenvalue weighted by Gasteiger charge is -2.19. The number of carbonyl (C=O) groups excluding carboxylic acids is 1. The molecule has 1 aromatic heterocycles. The van der Waals surface area contributed by atoms with E-state index in [0.717, 1.165) is 28.3 Å². The standard InChI is InChI=1S/C21H24ClN5OS/c1-13-9-10-14(2)18(11-13)27-15(3)24-25-21(27)29-12-19(28)23-17-8-6-7-16(22)20(17)26(4)5/h6-11H,12H2,1-5H3,(H,23,28). The van der Waals surface area contributed by atoms with E-state index in [-0.39, 0.29) is 11.7 Å². The summed E-state index contributed by atoms with van der Waals surface area (Å²) in [7, 11) is 3.78. The van der Waals surface area contributed by atoms with Crippen LogP contribution in [0, 0.1) is 20.8 Å². The number of hydrogen-bond acceptors (Lipinski definition) is 5. The number of hydrogen-bond donors (Lipinski definition) is 1. The first-order valence-electron chi connectivity index (χ1n) is 9.16. The zero-order valence-electron chi connectivity index (χ0n) is 17.2. The molecule has 152 valence electrons. The van der Waals surface area contributed by atoms with Crippen LogP contribution in [0.25, 0.3) is 5.69 Å². The van der Waals surface area contributed by atoms with Gasteiger partial charge in [-0.3, -0.25) is 9.36 Å². The largest absolute Gasteiger partial charge is 0.375 e. The Morgan fingerprint density at radius 3 is 2.66 bits per heavy atom. The number of para-hydroxylation sites is 1. The number of benzene rings is 2. The number of halogens is 1. The summed E-state index contributed by atoms with van der Waals surface area (Å²) in [4.78, 5) is 14.5. The predicted octanol–water partition coefficient (Wildman–Crippen LogP) is 4.64. The number of aromatic nitrogens is 3. The molecule has 1 N–H and O–H groups in total. The third kappa shape index (κ3) is 4.74. The number of carbonyl (C=O) groups is 1. The van der Waals surface area contributed by atoms with Crippen LogP contribution in [0.4, 0.5) is 11.4 Å². The highest BCUT2D eigenvalue weighted by atomic mass is 35.5. The Kier molecular flexibility index (Phi) is 6.49. The van der Waals surface area contributed by atoms with Gasteiger partial charge in [0.1, 0.15) is 5.82 Å². The number of thioether (sulfide) groups is 1. The minimum atomic E-state index is -0.131. The summed E-state index contributed by atoms with van der Waals surface area (Å²) in [5, 5.41) is 12.7. The highest BCUT2D eigenvalue weighted by Gasteiger charge is 2.16. The number of anilines is 2. The van der Waals surface area contributed by atoms with E-state index < -0.39 is 0 Å². The smallest absolute Gasteiger partial charge is 0.234 e. The molecule has 3 aromatic rings. The van der Waals surface area contributed by atoms with Gasteiger partial charge in [0.15, 0.2) is 5.16 Å². The van der Waals surface area contributed by atoms with Crippen LogP contribution in [0.15, 0.2) is 41.6 Å². The van der Waals surface area contributed by atoms with Gasteiger partial charge in [0.2, 0.25) is 5.91 Å². The van der Waals surface area contributed by atoms with Gasteiger partial charge in [0.25, 0.3) is 0 Å². The summed E-state index contributed by atoms with van der Waals surface area (Å²) in [5.74, 6) is 0.863. The van der Waals surface area contributed by atoms with E-state index >= 15 is 0 Å². The van der Waals surface area contributed by atoms with Crippen molar-refractivity contribution in [2.75, 3.05) is 30.1 Å². The maximum absolute atomic E-state index is 12.6. The van der Waals surface area contributed by atoms with Gasteiger partial charge in [-0.2, -0.15) is 0 Å². The van der Waals surface area contributed by atoms with Gasteiger partial charge in [0.05, 0.1) is 27.8 Å². The minimum absolute atomic E-state index is 0.131. The van der Waals surface area contributed by atoms with Gasteiger partial charge in [0, 0.05) is 14.1 Å². The molecule has 2 aromatic carbocycles. The number of nitrogens with one attached hydrogen (secondary N) is 1. The van der Waals surface area contributed by atoms with Crippen molar-refractivity contribution >= 4 is 40.6 Å². The van der Waals surface area contributed by atoms with Crippen LogP contribution in [0.3, 0.4) is 0 Å². The van der Waals surface area contributed by atoms with Crippen molar-refractivity contribution in [3.63, 3.8) is 0 Å². The van der Waals surface area contributed by atoms with E-state index in [9.17, 15) is 4.79 Å². The van der Waals surface area contributed by atoms with Gasteiger partial charge >= 0.3 is 0 Å². The summed E-state index contributed by atoms with van der Waals surface area (Å²) in [6.45, 7) is 6.02. The van der Waals surface area contributed by atoms with Crippen molar-refractivity contribution in [2.45, 2.75) is 25.9 Å². The SMILES string of the molecule is Cc1ccc(C)c(-n2c(C)nnc2SCC(=O)Nc2cccc(Cl)c2N(C)C)c1. The fourth-order valence-corrected chi connectivity index (χ4v) is 4.20. The summed E-state index contributed by atoms with van der Waals surface area (Å²) in [6.07, 6.45) is 0. The second-order valence-electron chi connectivity index (χ2n) is 7.02. The molecule has 0 aliphatic carbocycles. The Balaban J connectivity index is 1.78. The molecule has 0 fully saturated rings. The fourth-order valence-electron chi connectivity index (χ4n) is 3.06. The van der Waals surface area contributed by atoms with Crippen molar-refractivity contribution in [3.05, 3.63) is 58.4 Å². The van der Waals surface area contributed by atoms with Gasteiger partial charge in [-0.25, -0.2) is 0 Å². The first kappa shape index (κ1) is 21.2. The second kappa shape index (κ2) is 8.88. The first-order chi connectivity index (χ1) is 13.8. The monoisotopic (exact) mass is 429 g/mol. The maximum atomic E-state index is 12.6. The third-order valence-electron chi connectivity index (χ3n) is 4.44. The van der Waals surface area contributed by atoms with Crippen molar-refractivity contribution in [3.8, 4) is 5.69 Å². The van der Waals surface area contributed by atoms with Crippen LogP contribution in [0.2, 0.25) is 5.02 Å². The van der Waals surface area contributed by atoms with Crippen LogP contribution in [0.1, 0.15) is 17.0 Å². The first-order valence-corrected chi connectivity index (χ1v) is 10.5. The molecule has 0 aliphatic rings. The summed E-state index contributed by atoms with van der Waals surface area (Å²) < 4.78 is 1.99. The van der Waals surface area contributed by atoms with E-state index in [2.05, 4.69) is 47.6 Å². The molecule has 0 bridgehead atoms. The molecular weight excluding hydrogens is 406 g/mol. The van der Waals surface area contributed by atoms with Crippen LogP contribution in [0.5, 0.6) is 0 Å². The van der Waals surface area contributed by atoms with E-state index in [4.69, 9.17) is 11.6 Å². The van der Waals surface area contributed by atoms with Crippen LogP contribution >= 0.6 is 23.4 Å². The zero-order chi connectivity index (χ0) is 21.1. The van der Waals surface area contributed by atoms with Crippen LogP contribution < -0.4 is 10.2 Å². The minimum Gasteiger partial charge on any atom is -0.375 e. The topological polar surface area (TPSA) is 63.1 Å². The van der Waals surface area contributed by atoms with Crippen molar-refractivity contribution in [1.82, 2.24) is 14.8 Å². The molecule has 1 heterocycles. The molecule has 6 nitrogen and oxygen atoms in total. The Morgan fingerprint density at radius 1 is 1.17 bits per heavy atom. The fraction of sp³-hybridized carbons (Fsp3) is 0.286. The van der Waals surface area contributed by atoms with Crippen molar-refractivity contribution in [1.29, 1.82) is 0 Å². The molecular formula is C21H24ClN5OS. The van der Waals surface area contributed by atoms with E-state index in [1.807, 2.05) is 42.6 Å². The average molecular weight is 430 g/mol. The Labute approximate surface area is 180 Å². The predicted molar refractivity (Wildman–Crippen MR) is 121 cm³/mol. The zero-order valence-corrected chi connectivity index (χ0v) is 18.7. The van der Waals surface area contributed by atoms with E-state index in [0.29, 0.717) is 15.9 Å². The Morgan fingerprint density at radius 2 is 1.93 bits per heavy atom. The molecule has 0 radical (unpaired) electrons. The lowest BCUT2D eigenvalue weighted by Crippen LogP contribution is -2.18. The highest BCUT2D eigenvalue weighted by molar-refractivity contribution is 7.99. The number of nitrogens with zero attached hydrogens (tertiary/aromatic N) is 4. The lowest BCUT2D eigenvalue weighted by molar-refractivity contribution is -0.113. The summed E-state index contributed by atoms with van der Waals surface area (Å²) in [5.41, 5.74) is 4.77. The van der Waals surface area contributed by atoms with Crippen LogP contribution in [-0.2, 0) is 4.79 Å². The molecule has 0 saturated heterocycles. The lowest BCUT2D eigenvalue weighted by atomic mass is 10.1. The Bertz CT molecular complexity index is 1050. The average Bonchev–Trinajstić information content (AvgIpc) is 3.02. The van der Waals surface area contributed by atoms with E-state index in [1.165, 1.54) is 11.8 Å². The Hall–Kier alpha value is -2.51. The quantitative estimate of drug-likeness (QED) is 0.578. The summed E-state index contributed by atoms with van der Waals surface area (Å²) >= 11 is 7.63. The molecule has 29 heavy (non-hydrogen) atoms. The van der Waals surface area contributed by atoms with Gasteiger partial charge in [-0.15, -0.1) is 10.2 Å². The molecule has 0 saturated carbocycles. The maximum Gasteiger partial charge on any atom is 0.234 e. The molecule has 0 spiro atoms. The van der Waals surface area contributed by atoms with Gasteiger partial charge in [-0.1, -0.05) is 41.6 Å². The van der Waals surface area contributed by atoms with Gasteiger partial charge in [-0.05, 0) is 50.1 Å². The van der Waals surface area contributed by atoms with Crippen molar-refractivity contribution in [2.24, 2.45) is 0 Å². The van der Waals surface area contributed by atoms with Crippen molar-refractivity contribution < 1.29 is 4.79 Å².